The summed E-state index contributed by atoms with van der Waals surface area (Å²) in [6.07, 6.45) is -5.32. The molecule has 0 bridgehead atoms. The van der Waals surface area contributed by atoms with Gasteiger partial charge in [0, 0.05) is 5.56 Å². The molecule has 5 aliphatic rings. The van der Waals surface area contributed by atoms with Crippen molar-refractivity contribution in [3.05, 3.63) is 138 Å². The predicted octanol–water partition coefficient (Wildman–Crippen LogP) is 7.30. The van der Waals surface area contributed by atoms with Crippen molar-refractivity contribution in [2.75, 3.05) is 32.8 Å². The Morgan fingerprint density at radius 1 is 0.676 bits per heavy atom. The van der Waals surface area contributed by atoms with Crippen molar-refractivity contribution in [1.29, 1.82) is 0 Å². The van der Waals surface area contributed by atoms with Crippen LogP contribution in [-0.2, 0) is 48.2 Å². The maximum Gasteiger partial charge on any atom is 0.303 e. The van der Waals surface area contributed by atoms with E-state index in [2.05, 4.69) is 10.3 Å². The summed E-state index contributed by atoms with van der Waals surface area (Å²) in [5, 5.41) is 2.93. The molecule has 6 aromatic rings. The van der Waals surface area contributed by atoms with E-state index in [1.807, 2.05) is 126 Å². The van der Waals surface area contributed by atoms with Gasteiger partial charge in [0.1, 0.15) is 60.1 Å². The SMILES string of the molecule is COc1ccc(C(OC[C@H]2O[C@@H](n3c(OC4O[C@H]([C@H]5COC(C)(C)O5)[C@@H]5OC(C)(C)O[C@H]45)nc4c(NC(=O)c5ccccc5)ncnc43)[C@@H]3OC(C)(C)O[C@@H]32)(c2ccccc2)c2ccc(OC)cc2)cc1. The van der Waals surface area contributed by atoms with Crippen LogP contribution in [0.4, 0.5) is 5.82 Å². The second kappa shape index (κ2) is 18.2. The fourth-order valence-corrected chi connectivity index (χ4v) is 10.3. The lowest BCUT2D eigenvalue weighted by Gasteiger charge is -2.37. The molecular formula is C53H57N5O13. The number of nitrogens with zero attached hydrogens (tertiary/aromatic N) is 4. The number of fused-ring (bicyclic) bond motifs is 3. The first-order chi connectivity index (χ1) is 34.1. The van der Waals surface area contributed by atoms with Gasteiger partial charge < -0.3 is 62.2 Å². The highest BCUT2D eigenvalue weighted by atomic mass is 16.8. The van der Waals surface area contributed by atoms with Gasteiger partial charge in [0.2, 0.25) is 6.29 Å². The number of aromatic nitrogens is 4. The van der Waals surface area contributed by atoms with Gasteiger partial charge in [0.25, 0.3) is 5.91 Å². The van der Waals surface area contributed by atoms with Gasteiger partial charge in [-0.05, 0) is 94.6 Å². The average molecular weight is 972 g/mol. The number of rotatable bonds is 14. The molecule has 0 aliphatic carbocycles. The quantitative estimate of drug-likeness (QED) is 0.107. The van der Waals surface area contributed by atoms with Crippen molar-refractivity contribution in [2.45, 2.75) is 120 Å². The van der Waals surface area contributed by atoms with E-state index in [1.54, 1.807) is 43.1 Å². The summed E-state index contributed by atoms with van der Waals surface area (Å²) in [5.41, 5.74) is 2.30. The third-order valence-electron chi connectivity index (χ3n) is 13.4. The molecule has 1 unspecified atom stereocenters. The van der Waals surface area contributed by atoms with Gasteiger partial charge in [-0.25, -0.2) is 14.5 Å². The number of benzene rings is 4. The second-order valence-corrected chi connectivity index (χ2v) is 19.4. The van der Waals surface area contributed by atoms with Crippen LogP contribution in [0.1, 0.15) is 74.8 Å². The molecule has 1 N–H and O–H groups in total. The molecule has 71 heavy (non-hydrogen) atoms. The van der Waals surface area contributed by atoms with Crippen molar-refractivity contribution in [3.63, 3.8) is 0 Å². The summed E-state index contributed by atoms with van der Waals surface area (Å²) in [6, 6.07) is 34.5. The Balaban J connectivity index is 0.994. The van der Waals surface area contributed by atoms with Crippen molar-refractivity contribution in [1.82, 2.24) is 19.5 Å². The largest absolute Gasteiger partial charge is 0.497 e. The van der Waals surface area contributed by atoms with E-state index in [0.29, 0.717) is 17.1 Å². The summed E-state index contributed by atoms with van der Waals surface area (Å²) in [7, 11) is 3.27. The Bertz CT molecular complexity index is 2820. The molecule has 4 aromatic carbocycles. The minimum Gasteiger partial charge on any atom is -0.497 e. The van der Waals surface area contributed by atoms with Crippen LogP contribution in [0.2, 0.25) is 0 Å². The number of ether oxygens (including phenoxy) is 12. The first kappa shape index (κ1) is 47.3. The lowest BCUT2D eigenvalue weighted by atomic mass is 9.80. The molecular weight excluding hydrogens is 915 g/mol. The number of methoxy groups -OCH3 is 2. The van der Waals surface area contributed by atoms with Crippen LogP contribution in [0.5, 0.6) is 17.5 Å². The molecule has 5 saturated heterocycles. The van der Waals surface area contributed by atoms with E-state index in [4.69, 9.17) is 66.8 Å². The number of hydrogen-bond acceptors (Lipinski definition) is 16. The van der Waals surface area contributed by atoms with E-state index in [1.165, 1.54) is 6.33 Å². The third kappa shape index (κ3) is 8.80. The zero-order valence-corrected chi connectivity index (χ0v) is 40.7. The first-order valence-corrected chi connectivity index (χ1v) is 23.7. The number of amides is 1. The highest BCUT2D eigenvalue weighted by molar-refractivity contribution is 6.06. The van der Waals surface area contributed by atoms with E-state index < -0.39 is 84.1 Å². The zero-order valence-electron chi connectivity index (χ0n) is 40.7. The number of carbonyl (C=O) groups excluding carboxylic acids is 1. The molecule has 0 spiro atoms. The van der Waals surface area contributed by atoms with Crippen LogP contribution >= 0.6 is 0 Å². The molecule has 9 atom stereocenters. The van der Waals surface area contributed by atoms with Gasteiger partial charge in [0.15, 0.2) is 46.7 Å². The molecule has 372 valence electrons. The van der Waals surface area contributed by atoms with Crippen LogP contribution < -0.4 is 19.5 Å². The molecule has 18 heteroatoms. The maximum absolute atomic E-state index is 13.7. The fraction of sp³-hybridized carbons (Fsp3) is 0.434. The lowest BCUT2D eigenvalue weighted by Crippen LogP contribution is -2.40. The highest BCUT2D eigenvalue weighted by Gasteiger charge is 2.62. The number of nitrogens with one attached hydrogen (secondary N) is 1. The molecule has 0 radical (unpaired) electrons. The fourth-order valence-electron chi connectivity index (χ4n) is 10.3. The summed E-state index contributed by atoms with van der Waals surface area (Å²) in [5.74, 6) is -1.72. The van der Waals surface area contributed by atoms with Crippen molar-refractivity contribution < 1.29 is 61.6 Å². The molecule has 1 amide bonds. The van der Waals surface area contributed by atoms with E-state index >= 15 is 0 Å². The number of anilines is 1. The van der Waals surface area contributed by atoms with Crippen molar-refractivity contribution in [3.8, 4) is 17.5 Å². The van der Waals surface area contributed by atoms with E-state index in [-0.39, 0.29) is 36.2 Å². The Morgan fingerprint density at radius 3 is 1.89 bits per heavy atom. The monoisotopic (exact) mass is 971 g/mol. The second-order valence-electron chi connectivity index (χ2n) is 19.4. The molecule has 5 fully saturated rings. The van der Waals surface area contributed by atoms with Crippen LogP contribution in [0, 0.1) is 0 Å². The summed E-state index contributed by atoms with van der Waals surface area (Å²) in [6.45, 7) is 11.4. The number of hydrogen-bond donors (Lipinski definition) is 1. The highest BCUT2D eigenvalue weighted by Crippen LogP contribution is 2.49. The Kier molecular flexibility index (Phi) is 12.1. The van der Waals surface area contributed by atoms with E-state index in [0.717, 1.165) is 16.7 Å². The average Bonchev–Trinajstić information content (AvgIpc) is 4.21. The molecule has 5 aliphatic heterocycles. The standard InChI is InChI=1S/C53H57N5O13/c1-50(2)62-28-37(67-50)39-41-43(71-52(5,6)69-41)48(65-39)66-49-56-38-44(57-46(59)30-15-11-9-12-16-30)54-29-55-45(38)58(49)47-42-40(68-51(3,4)70-42)36(64-47)27-63-53(31-17-13-10-14-18-31,32-19-23-34(60-7)24-20-32)33-21-25-35(61-8)26-22-33/h9-26,29,36-37,39-43,47-48H,27-28H2,1-8H3,(H,54,55,57,59)/t36-,37-,39-,40-,41+,42-,43+,47-,48?/m1/s1. The Morgan fingerprint density at radius 2 is 1.27 bits per heavy atom. The lowest BCUT2D eigenvalue weighted by molar-refractivity contribution is -0.232. The molecule has 2 aromatic heterocycles. The molecule has 0 saturated carbocycles. The van der Waals surface area contributed by atoms with Gasteiger partial charge in [-0.3, -0.25) is 4.79 Å². The van der Waals surface area contributed by atoms with Crippen LogP contribution in [0.15, 0.2) is 116 Å². The Labute approximate surface area is 410 Å². The Hall–Kier alpha value is -6.06. The first-order valence-electron chi connectivity index (χ1n) is 23.7. The van der Waals surface area contributed by atoms with Crippen LogP contribution in [0.3, 0.4) is 0 Å². The zero-order chi connectivity index (χ0) is 49.3. The number of carbonyl (C=O) groups is 1. The van der Waals surface area contributed by atoms with Gasteiger partial charge in [-0.1, -0.05) is 72.8 Å². The van der Waals surface area contributed by atoms with Gasteiger partial charge in [-0.15, -0.1) is 0 Å². The minimum atomic E-state index is -1.17. The number of imidazole rings is 1. The smallest absolute Gasteiger partial charge is 0.303 e. The van der Waals surface area contributed by atoms with Gasteiger partial charge in [0.05, 0.1) is 27.4 Å². The maximum atomic E-state index is 13.7. The third-order valence-corrected chi connectivity index (χ3v) is 13.4. The van der Waals surface area contributed by atoms with Gasteiger partial charge >= 0.3 is 6.01 Å². The predicted molar refractivity (Wildman–Crippen MR) is 254 cm³/mol. The normalized spacial score (nSPS) is 28.1. The summed E-state index contributed by atoms with van der Waals surface area (Å²) >= 11 is 0. The molecule has 11 rings (SSSR count). The van der Waals surface area contributed by atoms with Gasteiger partial charge in [-0.2, -0.15) is 4.98 Å². The molecule has 7 heterocycles. The van der Waals surface area contributed by atoms with Crippen molar-refractivity contribution >= 4 is 22.9 Å². The molecule has 18 nitrogen and oxygen atoms in total. The summed E-state index contributed by atoms with van der Waals surface area (Å²) < 4.78 is 79.6. The van der Waals surface area contributed by atoms with Crippen LogP contribution in [-0.4, -0.2) is 119 Å². The van der Waals surface area contributed by atoms with E-state index in [9.17, 15) is 4.79 Å². The topological polar surface area (TPSA) is 183 Å². The van der Waals surface area contributed by atoms with Crippen molar-refractivity contribution in [2.24, 2.45) is 0 Å². The van der Waals surface area contributed by atoms with Crippen LogP contribution in [0.25, 0.3) is 11.2 Å². The minimum absolute atomic E-state index is 0.0114. The summed E-state index contributed by atoms with van der Waals surface area (Å²) in [4.78, 5) is 27.9.